The normalized spacial score (nSPS) is 14.9. The molecule has 0 aliphatic heterocycles. The third-order valence-corrected chi connectivity index (χ3v) is 5.05. The number of fused-ring (bicyclic) bond motifs is 1. The van der Waals surface area contributed by atoms with Gasteiger partial charge in [-0.25, -0.2) is 19.1 Å². The zero-order valence-electron chi connectivity index (χ0n) is 15.9. The number of benzene rings is 1. The van der Waals surface area contributed by atoms with Crippen LogP contribution in [0.25, 0.3) is 16.9 Å². The van der Waals surface area contributed by atoms with Crippen LogP contribution < -0.4 is 11.2 Å². The first-order valence-corrected chi connectivity index (χ1v) is 9.47. The number of esters is 1. The van der Waals surface area contributed by atoms with Gasteiger partial charge in [0, 0.05) is 6.54 Å². The van der Waals surface area contributed by atoms with Crippen molar-refractivity contribution in [3.8, 4) is 5.69 Å². The molecule has 1 atom stereocenters. The molecule has 0 spiro atoms. The fourth-order valence-electron chi connectivity index (χ4n) is 3.35. The molecule has 0 radical (unpaired) electrons. The average Bonchev–Trinajstić information content (AvgIpc) is 3.42. The number of rotatable bonds is 6. The first-order chi connectivity index (χ1) is 13.5. The van der Waals surface area contributed by atoms with Gasteiger partial charge >= 0.3 is 11.7 Å². The molecule has 8 heteroatoms. The van der Waals surface area contributed by atoms with Gasteiger partial charge in [0.15, 0.2) is 11.2 Å². The third kappa shape index (κ3) is 3.04. The van der Waals surface area contributed by atoms with Gasteiger partial charge in [0.05, 0.1) is 18.6 Å². The van der Waals surface area contributed by atoms with Crippen LogP contribution in [0.2, 0.25) is 0 Å². The van der Waals surface area contributed by atoms with Gasteiger partial charge in [0.1, 0.15) is 6.04 Å². The Morgan fingerprint density at radius 3 is 2.61 bits per heavy atom. The monoisotopic (exact) mass is 382 g/mol. The summed E-state index contributed by atoms with van der Waals surface area (Å²) in [7, 11) is 0. The summed E-state index contributed by atoms with van der Waals surface area (Å²) in [5.74, 6) is -0.113. The van der Waals surface area contributed by atoms with Crippen LogP contribution >= 0.6 is 0 Å². The smallest absolute Gasteiger partial charge is 0.337 e. The molecule has 28 heavy (non-hydrogen) atoms. The maximum Gasteiger partial charge on any atom is 0.337 e. The fourth-order valence-corrected chi connectivity index (χ4v) is 3.35. The number of carbonyl (C=O) groups is 1. The lowest BCUT2D eigenvalue weighted by Crippen LogP contribution is -2.40. The molecular formula is C20H22N4O4. The maximum absolute atomic E-state index is 13.2. The minimum atomic E-state index is -0.728. The summed E-state index contributed by atoms with van der Waals surface area (Å²) in [6.07, 6.45) is 3.44. The highest BCUT2D eigenvalue weighted by Crippen LogP contribution is 2.30. The van der Waals surface area contributed by atoms with E-state index in [2.05, 4.69) is 4.98 Å². The summed E-state index contributed by atoms with van der Waals surface area (Å²) in [6.45, 7) is 4.00. The summed E-state index contributed by atoms with van der Waals surface area (Å²) >= 11 is 0. The Balaban J connectivity index is 1.99. The van der Waals surface area contributed by atoms with E-state index in [0.717, 1.165) is 12.8 Å². The SMILES string of the molecule is CCOC(=O)[C@@H](C)n1cnc2c1c(=O)n(CC1CC1)c(=O)n2-c1ccccc1. The number of ether oxygens (including phenoxy) is 1. The molecule has 2 aromatic heterocycles. The number of para-hydroxylation sites is 1. The van der Waals surface area contributed by atoms with Crippen molar-refractivity contribution in [3.63, 3.8) is 0 Å². The Bertz CT molecular complexity index is 1140. The minimum Gasteiger partial charge on any atom is -0.464 e. The van der Waals surface area contributed by atoms with E-state index >= 15 is 0 Å². The Morgan fingerprint density at radius 1 is 1.25 bits per heavy atom. The molecule has 146 valence electrons. The molecule has 0 saturated heterocycles. The van der Waals surface area contributed by atoms with E-state index in [9.17, 15) is 14.4 Å². The number of imidazole rings is 1. The minimum absolute atomic E-state index is 0.227. The molecule has 8 nitrogen and oxygen atoms in total. The molecule has 4 rings (SSSR count). The van der Waals surface area contributed by atoms with E-state index in [4.69, 9.17) is 4.74 Å². The predicted octanol–water partition coefficient (Wildman–Crippen LogP) is 1.88. The number of carbonyl (C=O) groups excluding carboxylic acids is 1. The molecule has 1 aliphatic carbocycles. The molecule has 1 aliphatic rings. The highest BCUT2D eigenvalue weighted by molar-refractivity contribution is 5.79. The van der Waals surface area contributed by atoms with Gasteiger partial charge in [-0.05, 0) is 44.7 Å². The molecule has 0 N–H and O–H groups in total. The van der Waals surface area contributed by atoms with Crippen LogP contribution in [-0.4, -0.2) is 31.3 Å². The number of hydrogen-bond donors (Lipinski definition) is 0. The lowest BCUT2D eigenvalue weighted by Gasteiger charge is -2.15. The predicted molar refractivity (Wildman–Crippen MR) is 104 cm³/mol. The fraction of sp³-hybridized carbons (Fsp3) is 0.400. The van der Waals surface area contributed by atoms with E-state index in [1.807, 2.05) is 18.2 Å². The van der Waals surface area contributed by atoms with Crippen molar-refractivity contribution in [2.45, 2.75) is 39.3 Å². The van der Waals surface area contributed by atoms with E-state index < -0.39 is 23.3 Å². The summed E-state index contributed by atoms with van der Waals surface area (Å²) in [6, 6.07) is 8.35. The second-order valence-electron chi connectivity index (χ2n) is 7.06. The standard InChI is InChI=1S/C20H22N4O4/c1-3-28-19(26)13(2)23-12-21-17-16(23)18(25)22(11-14-9-10-14)20(27)24(17)15-7-5-4-6-8-15/h4-8,12-14H,3,9-11H2,1-2H3/t13-/m1/s1. The highest BCUT2D eigenvalue weighted by Gasteiger charge is 2.28. The first kappa shape index (κ1) is 18.2. The zero-order valence-corrected chi connectivity index (χ0v) is 15.9. The molecule has 1 fully saturated rings. The van der Waals surface area contributed by atoms with Gasteiger partial charge < -0.3 is 9.30 Å². The molecule has 2 heterocycles. The van der Waals surface area contributed by atoms with Crippen molar-refractivity contribution >= 4 is 17.1 Å². The molecule has 1 aromatic carbocycles. The van der Waals surface area contributed by atoms with E-state index in [1.165, 1.54) is 20.0 Å². The van der Waals surface area contributed by atoms with Crippen molar-refractivity contribution in [2.75, 3.05) is 6.61 Å². The van der Waals surface area contributed by atoms with Crippen LogP contribution in [0.15, 0.2) is 46.2 Å². The van der Waals surface area contributed by atoms with E-state index in [1.54, 1.807) is 26.0 Å². The molecular weight excluding hydrogens is 360 g/mol. The average molecular weight is 382 g/mol. The van der Waals surface area contributed by atoms with Crippen molar-refractivity contribution in [1.29, 1.82) is 0 Å². The summed E-state index contributed by atoms with van der Waals surface area (Å²) in [5.41, 5.74) is 0.252. The molecule has 0 bridgehead atoms. The molecule has 3 aromatic rings. The molecule has 0 unspecified atom stereocenters. The number of aromatic nitrogens is 4. The van der Waals surface area contributed by atoms with Crippen LogP contribution in [0.5, 0.6) is 0 Å². The zero-order chi connectivity index (χ0) is 19.8. The largest absolute Gasteiger partial charge is 0.464 e. The van der Waals surface area contributed by atoms with Gasteiger partial charge in [-0.15, -0.1) is 0 Å². The lowest BCUT2D eigenvalue weighted by atomic mass is 10.3. The van der Waals surface area contributed by atoms with Crippen LogP contribution in [0, 0.1) is 5.92 Å². The Hall–Kier alpha value is -3.16. The van der Waals surface area contributed by atoms with Crippen molar-refractivity contribution in [1.82, 2.24) is 18.7 Å². The number of nitrogens with zero attached hydrogens (tertiary/aromatic N) is 4. The second-order valence-corrected chi connectivity index (χ2v) is 7.06. The van der Waals surface area contributed by atoms with Gasteiger partial charge in [0.25, 0.3) is 5.56 Å². The summed E-state index contributed by atoms with van der Waals surface area (Å²) < 4.78 is 9.30. The van der Waals surface area contributed by atoms with E-state index in [-0.39, 0.29) is 17.8 Å². The van der Waals surface area contributed by atoms with Crippen LogP contribution in [0.1, 0.15) is 32.7 Å². The van der Waals surface area contributed by atoms with Crippen LogP contribution in [0.3, 0.4) is 0 Å². The lowest BCUT2D eigenvalue weighted by molar-refractivity contribution is -0.146. The van der Waals surface area contributed by atoms with E-state index in [0.29, 0.717) is 18.2 Å². The number of hydrogen-bond acceptors (Lipinski definition) is 5. The summed E-state index contributed by atoms with van der Waals surface area (Å²) in [4.78, 5) is 42.9. The maximum atomic E-state index is 13.2. The topological polar surface area (TPSA) is 88.1 Å². The van der Waals surface area contributed by atoms with Gasteiger partial charge in [-0.2, -0.15) is 0 Å². The Morgan fingerprint density at radius 2 is 1.96 bits per heavy atom. The summed E-state index contributed by atoms with van der Waals surface area (Å²) in [5, 5.41) is 0. The molecule has 0 amide bonds. The third-order valence-electron chi connectivity index (χ3n) is 5.05. The Labute approximate surface area is 161 Å². The van der Waals surface area contributed by atoms with Crippen molar-refractivity contribution in [3.05, 3.63) is 57.5 Å². The van der Waals surface area contributed by atoms with Gasteiger partial charge in [-0.1, -0.05) is 18.2 Å². The quantitative estimate of drug-likeness (QED) is 0.608. The Kier molecular flexibility index (Phi) is 4.62. The van der Waals surface area contributed by atoms with Gasteiger partial charge in [-0.3, -0.25) is 9.36 Å². The van der Waals surface area contributed by atoms with Crippen molar-refractivity contribution < 1.29 is 9.53 Å². The van der Waals surface area contributed by atoms with Gasteiger partial charge in [0.2, 0.25) is 0 Å². The molecule has 1 saturated carbocycles. The van der Waals surface area contributed by atoms with Crippen LogP contribution in [0.4, 0.5) is 0 Å². The van der Waals surface area contributed by atoms with Crippen molar-refractivity contribution in [2.24, 2.45) is 5.92 Å². The second kappa shape index (κ2) is 7.10. The first-order valence-electron chi connectivity index (χ1n) is 9.47. The highest BCUT2D eigenvalue weighted by atomic mass is 16.5. The van der Waals surface area contributed by atoms with Crippen LogP contribution in [-0.2, 0) is 16.1 Å².